The van der Waals surface area contributed by atoms with Crippen molar-refractivity contribution in [3.63, 3.8) is 0 Å². The second kappa shape index (κ2) is 7.67. The van der Waals surface area contributed by atoms with Gasteiger partial charge in [0.2, 0.25) is 0 Å². The Morgan fingerprint density at radius 2 is 1.85 bits per heavy atom. The minimum Gasteiger partial charge on any atom is -0.489 e. The van der Waals surface area contributed by atoms with Crippen LogP contribution >= 0.6 is 24.0 Å². The summed E-state index contributed by atoms with van der Waals surface area (Å²) in [5, 5.41) is 10.6. The first-order valence-corrected chi connectivity index (χ1v) is 8.84. The van der Waals surface area contributed by atoms with Crippen molar-refractivity contribution < 1.29 is 14.5 Å². The lowest BCUT2D eigenvalue weighted by atomic mass is 10.2. The summed E-state index contributed by atoms with van der Waals surface area (Å²) in [6.07, 6.45) is 1.79. The van der Waals surface area contributed by atoms with Gasteiger partial charge in [-0.2, -0.15) is 0 Å². The van der Waals surface area contributed by atoms with Gasteiger partial charge in [0.25, 0.3) is 11.6 Å². The van der Waals surface area contributed by atoms with E-state index >= 15 is 0 Å². The van der Waals surface area contributed by atoms with E-state index in [1.165, 1.54) is 28.8 Å². The molecule has 0 saturated carbocycles. The first-order valence-electron chi connectivity index (χ1n) is 7.62. The number of hydrogen-bond donors (Lipinski definition) is 0. The number of benzene rings is 2. The lowest BCUT2D eigenvalue weighted by molar-refractivity contribution is -0.384. The average molecular weight is 386 g/mol. The summed E-state index contributed by atoms with van der Waals surface area (Å²) in [5.74, 6) is 0.571. The Balaban J connectivity index is 1.62. The van der Waals surface area contributed by atoms with Crippen molar-refractivity contribution in [1.82, 2.24) is 4.90 Å². The zero-order valence-corrected chi connectivity index (χ0v) is 15.4. The Morgan fingerprint density at radius 3 is 2.38 bits per heavy atom. The highest BCUT2D eigenvalue weighted by molar-refractivity contribution is 8.26. The number of amides is 1. The molecule has 6 nitrogen and oxygen atoms in total. The predicted octanol–water partition coefficient (Wildman–Crippen LogP) is 4.00. The maximum absolute atomic E-state index is 12.0. The van der Waals surface area contributed by atoms with Gasteiger partial charge in [-0.05, 0) is 41.5 Å². The highest BCUT2D eigenvalue weighted by Gasteiger charge is 2.28. The van der Waals surface area contributed by atoms with Crippen molar-refractivity contribution in [1.29, 1.82) is 0 Å². The largest absolute Gasteiger partial charge is 0.489 e. The molecular weight excluding hydrogens is 372 g/mol. The van der Waals surface area contributed by atoms with Crippen LogP contribution in [0.25, 0.3) is 6.08 Å². The van der Waals surface area contributed by atoms with Gasteiger partial charge in [0.1, 0.15) is 16.7 Å². The molecule has 0 spiro atoms. The molecule has 2 aromatic rings. The number of nitro groups is 1. The number of nitrogens with zero attached hydrogens (tertiary/aromatic N) is 2. The molecule has 0 bridgehead atoms. The number of ether oxygens (including phenoxy) is 1. The third-order valence-corrected chi connectivity index (χ3v) is 5.20. The lowest BCUT2D eigenvalue weighted by Crippen LogP contribution is -2.22. The smallest absolute Gasteiger partial charge is 0.269 e. The molecule has 0 radical (unpaired) electrons. The highest BCUT2D eigenvalue weighted by atomic mass is 32.2. The van der Waals surface area contributed by atoms with Crippen LogP contribution in [-0.4, -0.2) is 27.1 Å². The predicted molar refractivity (Wildman–Crippen MR) is 105 cm³/mol. The Kier molecular flexibility index (Phi) is 5.34. The minimum atomic E-state index is -0.435. The van der Waals surface area contributed by atoms with E-state index in [0.717, 1.165) is 11.1 Å². The van der Waals surface area contributed by atoms with Crippen molar-refractivity contribution in [2.75, 3.05) is 7.05 Å². The standard InChI is InChI=1S/C18H14N2O4S2/c1-19-17(21)16(26-18(19)25)10-12-4-8-15(9-5-12)24-11-13-2-6-14(7-3-13)20(22)23/h2-10H,11H2,1H3/b16-10-. The summed E-state index contributed by atoms with van der Waals surface area (Å²) >= 11 is 6.39. The van der Waals surface area contributed by atoms with E-state index in [1.807, 2.05) is 24.3 Å². The molecule has 1 aliphatic heterocycles. The Bertz CT molecular complexity index is 892. The average Bonchev–Trinajstić information content (AvgIpc) is 2.88. The quantitative estimate of drug-likeness (QED) is 0.335. The summed E-state index contributed by atoms with van der Waals surface area (Å²) in [4.78, 5) is 24.2. The molecule has 2 aromatic carbocycles. The van der Waals surface area contributed by atoms with E-state index in [0.29, 0.717) is 21.6 Å². The molecule has 0 unspecified atom stereocenters. The number of rotatable bonds is 5. The molecule has 1 saturated heterocycles. The molecule has 0 aliphatic carbocycles. The van der Waals surface area contributed by atoms with Gasteiger partial charge >= 0.3 is 0 Å². The summed E-state index contributed by atoms with van der Waals surface area (Å²) in [6.45, 7) is 0.311. The molecule has 0 N–H and O–H groups in total. The zero-order chi connectivity index (χ0) is 18.7. The van der Waals surface area contributed by atoms with Crippen LogP contribution in [-0.2, 0) is 11.4 Å². The minimum absolute atomic E-state index is 0.0515. The molecule has 1 aliphatic rings. The topological polar surface area (TPSA) is 72.7 Å². The number of carbonyl (C=O) groups is 1. The molecule has 0 aromatic heterocycles. The number of thiocarbonyl (C=S) groups is 1. The van der Waals surface area contributed by atoms with Gasteiger partial charge in [-0.1, -0.05) is 36.1 Å². The van der Waals surface area contributed by atoms with E-state index in [1.54, 1.807) is 25.3 Å². The van der Waals surface area contributed by atoms with Gasteiger partial charge in [-0.25, -0.2) is 0 Å². The van der Waals surface area contributed by atoms with Gasteiger partial charge in [0.15, 0.2) is 0 Å². The molecule has 26 heavy (non-hydrogen) atoms. The van der Waals surface area contributed by atoms with Gasteiger partial charge in [-0.3, -0.25) is 19.8 Å². The summed E-state index contributed by atoms with van der Waals surface area (Å²) < 4.78 is 6.23. The van der Waals surface area contributed by atoms with Crippen molar-refractivity contribution >= 4 is 46.0 Å². The molecule has 132 valence electrons. The van der Waals surface area contributed by atoms with E-state index < -0.39 is 4.92 Å². The molecule has 8 heteroatoms. The van der Waals surface area contributed by atoms with Crippen molar-refractivity contribution in [3.05, 3.63) is 74.7 Å². The molecule has 3 rings (SSSR count). The van der Waals surface area contributed by atoms with Crippen molar-refractivity contribution in [2.24, 2.45) is 0 Å². The van der Waals surface area contributed by atoms with Crippen LogP contribution < -0.4 is 4.74 Å². The molecule has 0 atom stereocenters. The fourth-order valence-corrected chi connectivity index (χ4v) is 3.42. The second-order valence-corrected chi connectivity index (χ2v) is 7.20. The van der Waals surface area contributed by atoms with Crippen LogP contribution in [0.15, 0.2) is 53.4 Å². The third-order valence-electron chi connectivity index (χ3n) is 3.72. The molecule has 1 fully saturated rings. The maximum atomic E-state index is 12.0. The monoisotopic (exact) mass is 386 g/mol. The number of hydrogen-bond acceptors (Lipinski definition) is 6. The van der Waals surface area contributed by atoms with E-state index in [-0.39, 0.29) is 11.6 Å². The Morgan fingerprint density at radius 1 is 1.19 bits per heavy atom. The SMILES string of the molecule is CN1C(=O)/C(=C/c2ccc(OCc3ccc([N+](=O)[O-])cc3)cc2)SC1=S. The van der Waals surface area contributed by atoms with Crippen molar-refractivity contribution in [2.45, 2.75) is 6.61 Å². The van der Waals surface area contributed by atoms with Crippen LogP contribution in [0.2, 0.25) is 0 Å². The number of carbonyl (C=O) groups excluding carboxylic acids is 1. The Labute approximate surface area is 159 Å². The lowest BCUT2D eigenvalue weighted by Gasteiger charge is -2.06. The van der Waals surface area contributed by atoms with Crippen LogP contribution in [0.4, 0.5) is 5.69 Å². The first kappa shape index (κ1) is 18.1. The molecule has 1 heterocycles. The molecular formula is C18H14N2O4S2. The summed E-state index contributed by atoms with van der Waals surface area (Å²) in [5.41, 5.74) is 1.77. The maximum Gasteiger partial charge on any atom is 0.269 e. The number of thioether (sulfide) groups is 1. The number of likely N-dealkylation sites (N-methyl/N-ethyl adjacent to an activating group) is 1. The van der Waals surface area contributed by atoms with Crippen LogP contribution in [0.5, 0.6) is 5.75 Å². The normalized spacial score (nSPS) is 15.6. The first-order chi connectivity index (χ1) is 12.4. The van der Waals surface area contributed by atoms with E-state index in [9.17, 15) is 14.9 Å². The van der Waals surface area contributed by atoms with Crippen LogP contribution in [0, 0.1) is 10.1 Å². The number of non-ortho nitro benzene ring substituents is 1. The fraction of sp³-hybridized carbons (Fsp3) is 0.111. The van der Waals surface area contributed by atoms with Crippen LogP contribution in [0.1, 0.15) is 11.1 Å². The Hall–Kier alpha value is -2.71. The zero-order valence-electron chi connectivity index (χ0n) is 13.7. The highest BCUT2D eigenvalue weighted by Crippen LogP contribution is 2.31. The second-order valence-electron chi connectivity index (χ2n) is 5.52. The summed E-state index contributed by atoms with van der Waals surface area (Å²) in [7, 11) is 1.66. The molecule has 1 amide bonds. The summed E-state index contributed by atoms with van der Waals surface area (Å²) in [6, 6.07) is 13.6. The fourth-order valence-electron chi connectivity index (χ4n) is 2.24. The van der Waals surface area contributed by atoms with E-state index in [4.69, 9.17) is 17.0 Å². The third kappa shape index (κ3) is 4.09. The van der Waals surface area contributed by atoms with Gasteiger partial charge < -0.3 is 4.74 Å². The number of nitro benzene ring substituents is 1. The van der Waals surface area contributed by atoms with E-state index in [2.05, 4.69) is 0 Å². The van der Waals surface area contributed by atoms with Gasteiger partial charge in [-0.15, -0.1) is 0 Å². The van der Waals surface area contributed by atoms with Gasteiger partial charge in [0.05, 0.1) is 9.83 Å². The van der Waals surface area contributed by atoms with Crippen LogP contribution in [0.3, 0.4) is 0 Å². The van der Waals surface area contributed by atoms with Gasteiger partial charge in [0, 0.05) is 19.2 Å². The van der Waals surface area contributed by atoms with Crippen molar-refractivity contribution in [3.8, 4) is 5.75 Å².